The van der Waals surface area contributed by atoms with Gasteiger partial charge in [0.15, 0.2) is 5.75 Å². The summed E-state index contributed by atoms with van der Waals surface area (Å²) in [5.74, 6) is 0.371. The molecule has 0 N–H and O–H groups in total. The molecular formula is C14H21NO3. The fourth-order valence-corrected chi connectivity index (χ4v) is 1.79. The van der Waals surface area contributed by atoms with Crippen LogP contribution in [0, 0.1) is 10.1 Å². The van der Waals surface area contributed by atoms with Gasteiger partial charge in [-0.15, -0.1) is 0 Å². The molecule has 1 aromatic carbocycles. The second-order valence-electron chi connectivity index (χ2n) is 4.34. The van der Waals surface area contributed by atoms with Crippen LogP contribution in [-0.2, 0) is 0 Å². The normalized spacial score (nSPS) is 10.3. The predicted octanol–water partition coefficient (Wildman–Crippen LogP) is 4.33. The number of para-hydroxylation sites is 2. The third-order valence-corrected chi connectivity index (χ3v) is 2.82. The van der Waals surface area contributed by atoms with Crippen molar-refractivity contribution in [1.82, 2.24) is 0 Å². The number of benzene rings is 1. The lowest BCUT2D eigenvalue weighted by Crippen LogP contribution is -2.00. The van der Waals surface area contributed by atoms with Crippen molar-refractivity contribution in [3.63, 3.8) is 0 Å². The number of hydrogen-bond donors (Lipinski definition) is 0. The molecule has 1 rings (SSSR count). The van der Waals surface area contributed by atoms with E-state index in [1.807, 2.05) is 0 Å². The molecule has 0 unspecified atom stereocenters. The molecule has 18 heavy (non-hydrogen) atoms. The Labute approximate surface area is 108 Å². The molecular weight excluding hydrogens is 230 g/mol. The average molecular weight is 251 g/mol. The first kappa shape index (κ1) is 14.5. The fraction of sp³-hybridized carbons (Fsp3) is 0.571. The molecule has 0 saturated heterocycles. The molecule has 4 nitrogen and oxygen atoms in total. The second-order valence-corrected chi connectivity index (χ2v) is 4.34. The maximum atomic E-state index is 10.8. The van der Waals surface area contributed by atoms with Crippen LogP contribution in [0.15, 0.2) is 24.3 Å². The Hall–Kier alpha value is -1.58. The van der Waals surface area contributed by atoms with Crippen LogP contribution in [0.4, 0.5) is 5.69 Å². The Balaban J connectivity index is 2.25. The highest BCUT2D eigenvalue weighted by molar-refractivity contribution is 5.45. The number of ether oxygens (including phenoxy) is 1. The van der Waals surface area contributed by atoms with Crippen LogP contribution in [0.2, 0.25) is 0 Å². The van der Waals surface area contributed by atoms with E-state index in [0.29, 0.717) is 12.4 Å². The third kappa shape index (κ3) is 5.17. The van der Waals surface area contributed by atoms with E-state index in [0.717, 1.165) is 12.8 Å². The average Bonchev–Trinajstić information content (AvgIpc) is 2.38. The van der Waals surface area contributed by atoms with Gasteiger partial charge in [0.05, 0.1) is 11.5 Å². The quantitative estimate of drug-likeness (QED) is 0.373. The largest absolute Gasteiger partial charge is 0.487 e. The highest BCUT2D eigenvalue weighted by atomic mass is 16.6. The summed E-state index contributed by atoms with van der Waals surface area (Å²) in [5, 5.41) is 10.8. The van der Waals surface area contributed by atoms with E-state index in [9.17, 15) is 10.1 Å². The molecule has 100 valence electrons. The standard InChI is InChI=1S/C14H21NO3/c1-2-3-4-5-6-9-12-18-14-11-8-7-10-13(14)15(16)17/h7-8,10-11H,2-6,9,12H2,1H3. The summed E-state index contributed by atoms with van der Waals surface area (Å²) in [6.45, 7) is 2.74. The molecule has 0 aliphatic rings. The smallest absolute Gasteiger partial charge is 0.310 e. The van der Waals surface area contributed by atoms with Gasteiger partial charge in [-0.25, -0.2) is 0 Å². The van der Waals surface area contributed by atoms with E-state index in [4.69, 9.17) is 4.74 Å². The summed E-state index contributed by atoms with van der Waals surface area (Å²) in [4.78, 5) is 10.3. The molecule has 0 bridgehead atoms. The maximum Gasteiger partial charge on any atom is 0.310 e. The number of hydrogen-bond acceptors (Lipinski definition) is 3. The van der Waals surface area contributed by atoms with E-state index in [-0.39, 0.29) is 5.69 Å². The summed E-state index contributed by atoms with van der Waals surface area (Å²) in [6.07, 6.45) is 7.09. The van der Waals surface area contributed by atoms with E-state index in [1.54, 1.807) is 18.2 Å². The van der Waals surface area contributed by atoms with Crippen LogP contribution in [0.25, 0.3) is 0 Å². The zero-order valence-electron chi connectivity index (χ0n) is 10.9. The van der Waals surface area contributed by atoms with Crippen LogP contribution in [0.1, 0.15) is 45.4 Å². The van der Waals surface area contributed by atoms with Gasteiger partial charge in [0, 0.05) is 6.07 Å². The van der Waals surface area contributed by atoms with Crippen LogP contribution in [-0.4, -0.2) is 11.5 Å². The number of nitrogens with zero attached hydrogens (tertiary/aromatic N) is 1. The first-order valence-corrected chi connectivity index (χ1v) is 6.62. The monoisotopic (exact) mass is 251 g/mol. The zero-order valence-corrected chi connectivity index (χ0v) is 10.9. The Bertz CT molecular complexity index is 366. The molecule has 0 radical (unpaired) electrons. The van der Waals surface area contributed by atoms with Gasteiger partial charge in [0.1, 0.15) is 0 Å². The number of unbranched alkanes of at least 4 members (excludes halogenated alkanes) is 5. The third-order valence-electron chi connectivity index (χ3n) is 2.82. The summed E-state index contributed by atoms with van der Waals surface area (Å²) in [6, 6.07) is 6.52. The molecule has 0 spiro atoms. The molecule has 4 heteroatoms. The summed E-state index contributed by atoms with van der Waals surface area (Å²) in [5.41, 5.74) is 0.0449. The Kier molecular flexibility index (Phi) is 6.84. The summed E-state index contributed by atoms with van der Waals surface area (Å²) < 4.78 is 5.46. The molecule has 0 fully saturated rings. The van der Waals surface area contributed by atoms with Crippen molar-refractivity contribution in [3.05, 3.63) is 34.4 Å². The summed E-state index contributed by atoms with van der Waals surface area (Å²) >= 11 is 0. The van der Waals surface area contributed by atoms with Crippen molar-refractivity contribution in [2.24, 2.45) is 0 Å². The SMILES string of the molecule is CCCCCCCCOc1ccccc1[N+](=O)[O-]. The first-order chi connectivity index (χ1) is 8.75. The lowest BCUT2D eigenvalue weighted by atomic mass is 10.1. The van der Waals surface area contributed by atoms with Crippen LogP contribution in [0.5, 0.6) is 5.75 Å². The van der Waals surface area contributed by atoms with Gasteiger partial charge >= 0.3 is 5.69 Å². The van der Waals surface area contributed by atoms with Crippen LogP contribution in [0.3, 0.4) is 0 Å². The van der Waals surface area contributed by atoms with Gasteiger partial charge in [-0.2, -0.15) is 0 Å². The summed E-state index contributed by atoms with van der Waals surface area (Å²) in [7, 11) is 0. The molecule has 0 saturated carbocycles. The molecule has 0 heterocycles. The molecule has 0 atom stereocenters. The first-order valence-electron chi connectivity index (χ1n) is 6.62. The van der Waals surface area contributed by atoms with Crippen LogP contribution < -0.4 is 4.74 Å². The van der Waals surface area contributed by atoms with Gasteiger partial charge in [-0.1, -0.05) is 51.2 Å². The Morgan fingerprint density at radius 2 is 1.78 bits per heavy atom. The predicted molar refractivity (Wildman–Crippen MR) is 72.0 cm³/mol. The fourth-order valence-electron chi connectivity index (χ4n) is 1.79. The van der Waals surface area contributed by atoms with Crippen molar-refractivity contribution in [3.8, 4) is 5.75 Å². The van der Waals surface area contributed by atoms with Crippen molar-refractivity contribution < 1.29 is 9.66 Å². The molecule has 0 aromatic heterocycles. The van der Waals surface area contributed by atoms with E-state index < -0.39 is 4.92 Å². The Morgan fingerprint density at radius 1 is 1.11 bits per heavy atom. The minimum atomic E-state index is -0.406. The van der Waals surface area contributed by atoms with Crippen molar-refractivity contribution in [1.29, 1.82) is 0 Å². The van der Waals surface area contributed by atoms with Crippen molar-refractivity contribution in [2.75, 3.05) is 6.61 Å². The number of nitro benzene ring substituents is 1. The van der Waals surface area contributed by atoms with Crippen molar-refractivity contribution >= 4 is 5.69 Å². The van der Waals surface area contributed by atoms with E-state index >= 15 is 0 Å². The highest BCUT2D eigenvalue weighted by Gasteiger charge is 2.12. The maximum absolute atomic E-state index is 10.8. The lowest BCUT2D eigenvalue weighted by molar-refractivity contribution is -0.385. The van der Waals surface area contributed by atoms with Gasteiger partial charge in [-0.05, 0) is 12.5 Å². The van der Waals surface area contributed by atoms with Gasteiger partial charge in [0.2, 0.25) is 0 Å². The van der Waals surface area contributed by atoms with Gasteiger partial charge in [-0.3, -0.25) is 10.1 Å². The molecule has 1 aromatic rings. The molecule has 0 aliphatic heterocycles. The van der Waals surface area contributed by atoms with Gasteiger partial charge < -0.3 is 4.74 Å². The number of rotatable bonds is 9. The Morgan fingerprint density at radius 3 is 2.50 bits per heavy atom. The van der Waals surface area contributed by atoms with E-state index in [1.165, 1.54) is 31.7 Å². The highest BCUT2D eigenvalue weighted by Crippen LogP contribution is 2.25. The zero-order chi connectivity index (χ0) is 13.2. The topological polar surface area (TPSA) is 52.4 Å². The number of nitro groups is 1. The lowest BCUT2D eigenvalue weighted by Gasteiger charge is -2.06. The second kappa shape index (κ2) is 8.50. The molecule has 0 amide bonds. The van der Waals surface area contributed by atoms with Crippen molar-refractivity contribution in [2.45, 2.75) is 45.4 Å². The van der Waals surface area contributed by atoms with Crippen LogP contribution >= 0.6 is 0 Å². The molecule has 0 aliphatic carbocycles. The van der Waals surface area contributed by atoms with Gasteiger partial charge in [0.25, 0.3) is 0 Å². The minimum absolute atomic E-state index is 0.0449. The minimum Gasteiger partial charge on any atom is -0.487 e. The van der Waals surface area contributed by atoms with E-state index in [2.05, 4.69) is 6.92 Å².